The average molecular weight is 367 g/mol. The predicted octanol–water partition coefficient (Wildman–Crippen LogP) is 3.62. The first-order valence-corrected chi connectivity index (χ1v) is 9.99. The van der Waals surface area contributed by atoms with Crippen LogP contribution in [0, 0.1) is 17.3 Å². The molecule has 4 atom stereocenters. The first-order valence-electron chi connectivity index (χ1n) is 9.99. The van der Waals surface area contributed by atoms with E-state index in [0.717, 1.165) is 30.2 Å². The number of para-hydroxylation sites is 1. The zero-order valence-electron chi connectivity index (χ0n) is 16.3. The van der Waals surface area contributed by atoms with Gasteiger partial charge in [-0.15, -0.1) is 0 Å². The van der Waals surface area contributed by atoms with Crippen LogP contribution in [0.5, 0.6) is 0 Å². The topological polar surface area (TPSA) is 74.0 Å². The molecule has 1 aliphatic heterocycles. The number of aromatic nitrogens is 1. The summed E-state index contributed by atoms with van der Waals surface area (Å²) in [6.45, 7) is 6.70. The number of benzene rings is 1. The molecule has 5 heteroatoms. The lowest BCUT2D eigenvalue weighted by atomic mass is 9.62. The number of aromatic amines is 1. The van der Waals surface area contributed by atoms with Gasteiger partial charge in [-0.1, -0.05) is 39.0 Å². The summed E-state index contributed by atoms with van der Waals surface area (Å²) in [5.41, 5.74) is 1.69. The number of nitrogens with one attached hydrogen (secondary N) is 3. The van der Waals surface area contributed by atoms with Gasteiger partial charge in [-0.2, -0.15) is 0 Å². The standard InChI is InChI=1S/C22H29N3O2/c1-22(2,3)16-12-20(26)25-18-11-14(8-9-15(16)18)23-21(27)19-10-13-6-4-5-7-17(13)24-19/h4-7,10,14-16,18,24H,8-9,11-12H2,1-3H3,(H,23,27)(H,25,26). The van der Waals surface area contributed by atoms with Crippen LogP contribution in [-0.2, 0) is 4.79 Å². The lowest BCUT2D eigenvalue weighted by Crippen LogP contribution is -2.57. The minimum atomic E-state index is -0.0656. The lowest BCUT2D eigenvalue weighted by Gasteiger charge is -2.48. The summed E-state index contributed by atoms with van der Waals surface area (Å²) in [6.07, 6.45) is 3.45. The largest absolute Gasteiger partial charge is 0.353 e. The van der Waals surface area contributed by atoms with Crippen LogP contribution >= 0.6 is 0 Å². The summed E-state index contributed by atoms with van der Waals surface area (Å²) in [7, 11) is 0. The Morgan fingerprint density at radius 3 is 2.70 bits per heavy atom. The second-order valence-electron chi connectivity index (χ2n) is 9.27. The van der Waals surface area contributed by atoms with Crippen molar-refractivity contribution < 1.29 is 9.59 Å². The van der Waals surface area contributed by atoms with E-state index in [0.29, 0.717) is 24.0 Å². The van der Waals surface area contributed by atoms with E-state index in [4.69, 9.17) is 0 Å². The van der Waals surface area contributed by atoms with E-state index >= 15 is 0 Å². The van der Waals surface area contributed by atoms with E-state index in [9.17, 15) is 9.59 Å². The third-order valence-corrected chi connectivity index (χ3v) is 6.39. The fourth-order valence-corrected chi connectivity index (χ4v) is 5.00. The molecule has 2 aliphatic rings. The average Bonchev–Trinajstić information content (AvgIpc) is 3.04. The second-order valence-corrected chi connectivity index (χ2v) is 9.27. The smallest absolute Gasteiger partial charge is 0.267 e. The van der Waals surface area contributed by atoms with Gasteiger partial charge in [-0.05, 0) is 48.6 Å². The fraction of sp³-hybridized carbons (Fsp3) is 0.545. The first-order chi connectivity index (χ1) is 12.8. The highest BCUT2D eigenvalue weighted by atomic mass is 16.2. The molecule has 0 radical (unpaired) electrons. The molecule has 5 nitrogen and oxygen atoms in total. The monoisotopic (exact) mass is 367 g/mol. The maximum Gasteiger partial charge on any atom is 0.267 e. The summed E-state index contributed by atoms with van der Waals surface area (Å²) in [6, 6.07) is 10.1. The minimum Gasteiger partial charge on any atom is -0.353 e. The van der Waals surface area contributed by atoms with Crippen molar-refractivity contribution in [2.75, 3.05) is 0 Å². The number of hydrogen-bond acceptors (Lipinski definition) is 2. The summed E-state index contributed by atoms with van der Waals surface area (Å²) in [5.74, 6) is 0.994. The molecule has 3 N–H and O–H groups in total. The van der Waals surface area contributed by atoms with Gasteiger partial charge < -0.3 is 15.6 Å². The Bertz CT molecular complexity index is 831. The van der Waals surface area contributed by atoms with Gasteiger partial charge in [0.25, 0.3) is 5.91 Å². The number of carbonyl (C=O) groups excluding carboxylic acids is 2. The van der Waals surface area contributed by atoms with Gasteiger partial charge in [-0.25, -0.2) is 0 Å². The van der Waals surface area contributed by atoms with Crippen molar-refractivity contribution in [3.8, 4) is 0 Å². The molecule has 1 saturated heterocycles. The molecule has 2 aromatic rings. The molecule has 4 rings (SSSR count). The van der Waals surface area contributed by atoms with Crippen molar-refractivity contribution in [3.05, 3.63) is 36.0 Å². The van der Waals surface area contributed by atoms with Crippen molar-refractivity contribution in [1.82, 2.24) is 15.6 Å². The minimum absolute atomic E-state index is 0.0656. The van der Waals surface area contributed by atoms with E-state index < -0.39 is 0 Å². The van der Waals surface area contributed by atoms with Crippen molar-refractivity contribution in [1.29, 1.82) is 0 Å². The lowest BCUT2D eigenvalue weighted by molar-refractivity contribution is -0.129. The van der Waals surface area contributed by atoms with E-state index in [2.05, 4.69) is 36.4 Å². The van der Waals surface area contributed by atoms with Crippen LogP contribution in [0.1, 0.15) is 56.9 Å². The summed E-state index contributed by atoms with van der Waals surface area (Å²) < 4.78 is 0. The Morgan fingerprint density at radius 1 is 1.19 bits per heavy atom. The normalized spacial score (nSPS) is 28.5. The van der Waals surface area contributed by atoms with Gasteiger partial charge >= 0.3 is 0 Å². The summed E-state index contributed by atoms with van der Waals surface area (Å²) >= 11 is 0. The maximum absolute atomic E-state index is 12.7. The number of rotatable bonds is 2. The molecule has 0 bridgehead atoms. The highest BCUT2D eigenvalue weighted by Gasteiger charge is 2.45. The molecule has 1 aromatic carbocycles. The Morgan fingerprint density at radius 2 is 1.96 bits per heavy atom. The van der Waals surface area contributed by atoms with Crippen LogP contribution in [0.2, 0.25) is 0 Å². The van der Waals surface area contributed by atoms with Crippen molar-refractivity contribution in [3.63, 3.8) is 0 Å². The molecule has 0 spiro atoms. The maximum atomic E-state index is 12.7. The van der Waals surface area contributed by atoms with Crippen LogP contribution in [0.3, 0.4) is 0 Å². The Labute approximate surface area is 160 Å². The van der Waals surface area contributed by atoms with Crippen molar-refractivity contribution in [2.45, 2.75) is 58.5 Å². The van der Waals surface area contributed by atoms with Crippen LogP contribution in [0.4, 0.5) is 0 Å². The van der Waals surface area contributed by atoms with Gasteiger partial charge in [0.1, 0.15) is 5.69 Å². The number of amides is 2. The van der Waals surface area contributed by atoms with E-state index in [-0.39, 0.29) is 29.3 Å². The van der Waals surface area contributed by atoms with E-state index in [1.165, 1.54) is 0 Å². The SMILES string of the molecule is CC(C)(C)C1CC(=O)NC2CC(NC(=O)c3cc4ccccc4[nH]3)CCC21. The molecule has 27 heavy (non-hydrogen) atoms. The molecule has 1 aromatic heterocycles. The molecule has 2 heterocycles. The van der Waals surface area contributed by atoms with Gasteiger partial charge in [0.15, 0.2) is 0 Å². The fourth-order valence-electron chi connectivity index (χ4n) is 5.00. The molecule has 4 unspecified atom stereocenters. The quantitative estimate of drug-likeness (QED) is 0.758. The number of fused-ring (bicyclic) bond motifs is 2. The van der Waals surface area contributed by atoms with Crippen LogP contribution < -0.4 is 10.6 Å². The highest BCUT2D eigenvalue weighted by molar-refractivity contribution is 5.98. The molecular formula is C22H29N3O2. The molecule has 2 fully saturated rings. The summed E-state index contributed by atoms with van der Waals surface area (Å²) in [5, 5.41) is 7.40. The van der Waals surface area contributed by atoms with Crippen LogP contribution in [0.15, 0.2) is 30.3 Å². The van der Waals surface area contributed by atoms with E-state index in [1.54, 1.807) is 0 Å². The molecule has 144 valence electrons. The summed E-state index contributed by atoms with van der Waals surface area (Å²) in [4.78, 5) is 28.1. The molecule has 2 amide bonds. The molecule has 1 aliphatic carbocycles. The van der Waals surface area contributed by atoms with Gasteiger partial charge in [0.2, 0.25) is 5.91 Å². The Kier molecular flexibility index (Phi) is 4.49. The second kappa shape index (κ2) is 6.70. The zero-order valence-corrected chi connectivity index (χ0v) is 16.3. The first kappa shape index (κ1) is 18.1. The molecular weight excluding hydrogens is 338 g/mol. The Hall–Kier alpha value is -2.30. The van der Waals surface area contributed by atoms with Crippen LogP contribution in [0.25, 0.3) is 10.9 Å². The number of H-pyrrole nitrogens is 1. The van der Waals surface area contributed by atoms with Gasteiger partial charge in [0.05, 0.1) is 0 Å². The number of hydrogen-bond donors (Lipinski definition) is 3. The third-order valence-electron chi connectivity index (χ3n) is 6.39. The highest BCUT2D eigenvalue weighted by Crippen LogP contribution is 2.44. The van der Waals surface area contributed by atoms with Crippen molar-refractivity contribution >= 4 is 22.7 Å². The number of carbonyl (C=O) groups is 2. The predicted molar refractivity (Wildman–Crippen MR) is 106 cm³/mol. The van der Waals surface area contributed by atoms with Crippen molar-refractivity contribution in [2.24, 2.45) is 17.3 Å². The third kappa shape index (κ3) is 3.60. The van der Waals surface area contributed by atoms with E-state index in [1.807, 2.05) is 30.3 Å². The van der Waals surface area contributed by atoms with Crippen LogP contribution in [-0.4, -0.2) is 28.9 Å². The zero-order chi connectivity index (χ0) is 19.2. The van der Waals surface area contributed by atoms with Gasteiger partial charge in [-0.3, -0.25) is 9.59 Å². The van der Waals surface area contributed by atoms with Gasteiger partial charge in [0, 0.05) is 29.4 Å². The number of piperidine rings is 1. The Balaban J connectivity index is 1.44. The molecule has 1 saturated carbocycles.